The largest absolute Gasteiger partial charge is 0.375 e. The molecule has 3 aromatic rings. The lowest BCUT2D eigenvalue weighted by molar-refractivity contribution is -0.119. The number of thiazole rings is 1. The molecular formula is C19H16N2O2S. The molecule has 1 amide bonds. The third-order valence-electron chi connectivity index (χ3n) is 4.12. The molecule has 2 aromatic carbocycles. The topological polar surface area (TPSA) is 51.2 Å². The second-order valence-corrected chi connectivity index (χ2v) is 6.58. The molecule has 0 aliphatic heterocycles. The molecule has 120 valence electrons. The highest BCUT2D eigenvalue weighted by Crippen LogP contribution is 2.38. The number of benzene rings is 2. The predicted molar refractivity (Wildman–Crippen MR) is 96.3 cm³/mol. The van der Waals surface area contributed by atoms with Crippen molar-refractivity contribution in [2.24, 2.45) is 0 Å². The van der Waals surface area contributed by atoms with Gasteiger partial charge >= 0.3 is 0 Å². The summed E-state index contributed by atoms with van der Waals surface area (Å²) in [6, 6.07) is 15.0. The number of methoxy groups -OCH3 is 1. The van der Waals surface area contributed by atoms with Crippen molar-refractivity contribution in [1.82, 2.24) is 4.98 Å². The molecule has 0 radical (unpaired) electrons. The van der Waals surface area contributed by atoms with Gasteiger partial charge in [-0.25, -0.2) is 4.98 Å². The minimum absolute atomic E-state index is 0.0337. The van der Waals surface area contributed by atoms with Crippen molar-refractivity contribution in [3.8, 4) is 22.4 Å². The molecule has 0 unspecified atom stereocenters. The third-order valence-corrected chi connectivity index (χ3v) is 4.87. The molecule has 1 aliphatic carbocycles. The first-order chi connectivity index (χ1) is 11.7. The van der Waals surface area contributed by atoms with Crippen molar-refractivity contribution in [3.05, 3.63) is 59.0 Å². The molecule has 0 bridgehead atoms. The second kappa shape index (κ2) is 6.19. The van der Waals surface area contributed by atoms with Gasteiger partial charge in [0.05, 0.1) is 5.69 Å². The molecule has 0 fully saturated rings. The molecule has 0 saturated carbocycles. The van der Waals surface area contributed by atoms with E-state index < -0.39 is 0 Å². The van der Waals surface area contributed by atoms with Gasteiger partial charge in [-0.1, -0.05) is 36.4 Å². The summed E-state index contributed by atoms with van der Waals surface area (Å²) in [6.07, 6.45) is 0.959. The Hall–Kier alpha value is -2.50. The van der Waals surface area contributed by atoms with Crippen molar-refractivity contribution in [2.75, 3.05) is 19.0 Å². The first-order valence-corrected chi connectivity index (χ1v) is 8.58. The van der Waals surface area contributed by atoms with E-state index in [1.165, 1.54) is 40.7 Å². The van der Waals surface area contributed by atoms with Gasteiger partial charge in [-0.05, 0) is 34.7 Å². The van der Waals surface area contributed by atoms with E-state index in [0.29, 0.717) is 5.13 Å². The Labute approximate surface area is 144 Å². The Morgan fingerprint density at radius 3 is 2.92 bits per heavy atom. The number of carbonyl (C=O) groups is 1. The van der Waals surface area contributed by atoms with Crippen LogP contribution in [0.1, 0.15) is 11.1 Å². The van der Waals surface area contributed by atoms with E-state index in [1.54, 1.807) is 0 Å². The van der Waals surface area contributed by atoms with Crippen LogP contribution < -0.4 is 5.32 Å². The SMILES string of the molecule is COCC(=O)Nc1nc(-c2ccc3c(c2)Cc2ccccc2-3)cs1. The maximum Gasteiger partial charge on any atom is 0.252 e. The Balaban J connectivity index is 1.60. The van der Waals surface area contributed by atoms with Gasteiger partial charge in [0.25, 0.3) is 5.91 Å². The number of nitrogens with zero attached hydrogens (tertiary/aromatic N) is 1. The van der Waals surface area contributed by atoms with Gasteiger partial charge in [0, 0.05) is 18.1 Å². The molecule has 4 nitrogen and oxygen atoms in total. The standard InChI is InChI=1S/C19H16N2O2S/c1-23-10-18(22)21-19-20-17(11-24-19)13-6-7-16-14(9-13)8-12-4-2-3-5-15(12)16/h2-7,9,11H,8,10H2,1H3,(H,20,21,22). The van der Waals surface area contributed by atoms with E-state index >= 15 is 0 Å². The molecular weight excluding hydrogens is 320 g/mol. The summed E-state index contributed by atoms with van der Waals surface area (Å²) in [5.74, 6) is -0.192. The van der Waals surface area contributed by atoms with Crippen LogP contribution in [0, 0.1) is 0 Å². The summed E-state index contributed by atoms with van der Waals surface area (Å²) in [4.78, 5) is 16.1. The highest BCUT2D eigenvalue weighted by molar-refractivity contribution is 7.14. The highest BCUT2D eigenvalue weighted by Gasteiger charge is 2.18. The number of rotatable bonds is 4. The fourth-order valence-electron chi connectivity index (χ4n) is 3.05. The van der Waals surface area contributed by atoms with Gasteiger partial charge in [-0.3, -0.25) is 10.1 Å². The van der Waals surface area contributed by atoms with Crippen LogP contribution in [0.4, 0.5) is 5.13 Å². The van der Waals surface area contributed by atoms with E-state index in [4.69, 9.17) is 4.74 Å². The number of carbonyl (C=O) groups excluding carboxylic acids is 1. The second-order valence-electron chi connectivity index (χ2n) is 5.72. The summed E-state index contributed by atoms with van der Waals surface area (Å²) in [5.41, 5.74) is 7.28. The summed E-state index contributed by atoms with van der Waals surface area (Å²) in [7, 11) is 1.50. The van der Waals surface area contributed by atoms with Crippen molar-refractivity contribution >= 4 is 22.4 Å². The predicted octanol–water partition coefficient (Wildman–Crippen LogP) is 3.97. The van der Waals surface area contributed by atoms with Crippen molar-refractivity contribution in [1.29, 1.82) is 0 Å². The number of fused-ring (bicyclic) bond motifs is 3. The number of nitrogens with one attached hydrogen (secondary N) is 1. The van der Waals surface area contributed by atoms with Gasteiger partial charge < -0.3 is 4.74 Å². The van der Waals surface area contributed by atoms with Gasteiger partial charge in [-0.15, -0.1) is 11.3 Å². The number of aromatic nitrogens is 1. The van der Waals surface area contributed by atoms with Gasteiger partial charge in [-0.2, -0.15) is 0 Å². The maximum absolute atomic E-state index is 11.6. The van der Waals surface area contributed by atoms with E-state index in [1.807, 2.05) is 5.38 Å². The Morgan fingerprint density at radius 2 is 2.04 bits per heavy atom. The maximum atomic E-state index is 11.6. The molecule has 24 heavy (non-hydrogen) atoms. The number of ether oxygens (including phenoxy) is 1. The van der Waals surface area contributed by atoms with Crippen LogP contribution in [0.3, 0.4) is 0 Å². The van der Waals surface area contributed by atoms with Gasteiger partial charge in [0.2, 0.25) is 0 Å². The zero-order valence-corrected chi connectivity index (χ0v) is 14.0. The van der Waals surface area contributed by atoms with Crippen LogP contribution in [0.25, 0.3) is 22.4 Å². The van der Waals surface area contributed by atoms with E-state index in [-0.39, 0.29) is 12.5 Å². The summed E-state index contributed by atoms with van der Waals surface area (Å²) < 4.78 is 4.81. The lowest BCUT2D eigenvalue weighted by Gasteiger charge is -2.03. The molecule has 4 rings (SSSR count). The van der Waals surface area contributed by atoms with Gasteiger partial charge in [0.1, 0.15) is 6.61 Å². The quantitative estimate of drug-likeness (QED) is 0.613. The Kier molecular flexibility index (Phi) is 3.88. The molecule has 0 saturated heterocycles. The molecule has 5 heteroatoms. The molecule has 1 heterocycles. The third kappa shape index (κ3) is 2.72. The number of amides is 1. The minimum Gasteiger partial charge on any atom is -0.375 e. The zero-order valence-electron chi connectivity index (χ0n) is 13.2. The lowest BCUT2D eigenvalue weighted by Crippen LogP contribution is -2.16. The number of anilines is 1. The van der Waals surface area contributed by atoms with Crippen LogP contribution in [-0.4, -0.2) is 24.6 Å². The minimum atomic E-state index is -0.192. The average molecular weight is 336 g/mol. The van der Waals surface area contributed by atoms with Gasteiger partial charge in [0.15, 0.2) is 5.13 Å². The van der Waals surface area contributed by atoms with Crippen molar-refractivity contribution in [3.63, 3.8) is 0 Å². The number of hydrogen-bond donors (Lipinski definition) is 1. The van der Waals surface area contributed by atoms with Crippen LogP contribution in [-0.2, 0) is 16.0 Å². The lowest BCUT2D eigenvalue weighted by atomic mass is 10.0. The van der Waals surface area contributed by atoms with E-state index in [9.17, 15) is 4.79 Å². The van der Waals surface area contributed by atoms with Crippen LogP contribution in [0.15, 0.2) is 47.8 Å². The van der Waals surface area contributed by atoms with E-state index in [2.05, 4.69) is 52.8 Å². The van der Waals surface area contributed by atoms with Crippen molar-refractivity contribution in [2.45, 2.75) is 6.42 Å². The molecule has 0 spiro atoms. The Bertz CT molecular complexity index is 917. The normalized spacial score (nSPS) is 11.9. The Morgan fingerprint density at radius 1 is 1.21 bits per heavy atom. The van der Waals surface area contributed by atoms with E-state index in [0.717, 1.165) is 17.7 Å². The van der Waals surface area contributed by atoms with Crippen molar-refractivity contribution < 1.29 is 9.53 Å². The molecule has 0 atom stereocenters. The van der Waals surface area contributed by atoms with Crippen LogP contribution >= 0.6 is 11.3 Å². The summed E-state index contributed by atoms with van der Waals surface area (Å²) in [6.45, 7) is 0.0337. The fraction of sp³-hybridized carbons (Fsp3) is 0.158. The average Bonchev–Trinajstić information content (AvgIpc) is 3.18. The fourth-order valence-corrected chi connectivity index (χ4v) is 3.79. The molecule has 1 aliphatic rings. The first-order valence-electron chi connectivity index (χ1n) is 7.70. The highest BCUT2D eigenvalue weighted by atomic mass is 32.1. The van der Waals surface area contributed by atoms with Crippen LogP contribution in [0.2, 0.25) is 0 Å². The molecule has 1 N–H and O–H groups in total. The summed E-state index contributed by atoms with van der Waals surface area (Å²) >= 11 is 1.42. The molecule has 1 aromatic heterocycles. The number of hydrogen-bond acceptors (Lipinski definition) is 4. The van der Waals surface area contributed by atoms with Crippen LogP contribution in [0.5, 0.6) is 0 Å². The zero-order chi connectivity index (χ0) is 16.5. The first kappa shape index (κ1) is 15.1. The smallest absolute Gasteiger partial charge is 0.252 e. The summed E-state index contributed by atoms with van der Waals surface area (Å²) in [5, 5.41) is 5.30. The monoisotopic (exact) mass is 336 g/mol.